The summed E-state index contributed by atoms with van der Waals surface area (Å²) >= 11 is 0. The zero-order valence-electron chi connectivity index (χ0n) is 11.5. The van der Waals surface area contributed by atoms with Gasteiger partial charge in [0.1, 0.15) is 12.7 Å². The number of hydrogen-bond donors (Lipinski definition) is 1. The zero-order valence-corrected chi connectivity index (χ0v) is 11.5. The zero-order chi connectivity index (χ0) is 13.7. The molecule has 104 valence electrons. The molecule has 1 aliphatic heterocycles. The molecule has 1 aromatic rings. The Hall–Kier alpha value is -1.71. The third kappa shape index (κ3) is 3.40. The van der Waals surface area contributed by atoms with Crippen LogP contribution in [0.1, 0.15) is 26.7 Å². The molecule has 0 saturated carbocycles. The van der Waals surface area contributed by atoms with Crippen LogP contribution in [0.4, 0.5) is 0 Å². The molecule has 1 amide bonds. The first kappa shape index (κ1) is 13.7. The van der Waals surface area contributed by atoms with Crippen molar-refractivity contribution in [3.8, 4) is 11.5 Å². The third-order valence-electron chi connectivity index (χ3n) is 3.43. The fourth-order valence-electron chi connectivity index (χ4n) is 2.18. The third-order valence-corrected chi connectivity index (χ3v) is 3.43. The number of rotatable bonds is 5. The van der Waals surface area contributed by atoms with Crippen LogP contribution in [-0.4, -0.2) is 25.2 Å². The van der Waals surface area contributed by atoms with Gasteiger partial charge >= 0.3 is 0 Å². The van der Waals surface area contributed by atoms with E-state index in [0.29, 0.717) is 13.2 Å². The van der Waals surface area contributed by atoms with Crippen LogP contribution in [0.5, 0.6) is 11.5 Å². The molecule has 1 atom stereocenters. The van der Waals surface area contributed by atoms with Gasteiger partial charge in [-0.2, -0.15) is 0 Å². The minimum absolute atomic E-state index is 0.0943. The molecule has 2 rings (SSSR count). The van der Waals surface area contributed by atoms with Crippen molar-refractivity contribution in [3.05, 3.63) is 24.3 Å². The van der Waals surface area contributed by atoms with E-state index in [0.717, 1.165) is 24.3 Å². The summed E-state index contributed by atoms with van der Waals surface area (Å²) in [4.78, 5) is 11.9. The van der Waals surface area contributed by atoms with E-state index in [-0.39, 0.29) is 17.9 Å². The van der Waals surface area contributed by atoms with Crippen LogP contribution in [-0.2, 0) is 4.79 Å². The first-order valence-corrected chi connectivity index (χ1v) is 6.90. The Morgan fingerprint density at radius 2 is 2.00 bits per heavy atom. The lowest BCUT2D eigenvalue weighted by Gasteiger charge is -2.27. The second-order valence-corrected chi connectivity index (χ2v) is 4.76. The van der Waals surface area contributed by atoms with Crippen LogP contribution < -0.4 is 14.8 Å². The molecule has 1 unspecified atom stereocenters. The Kier molecular flexibility index (Phi) is 4.66. The smallest absolute Gasteiger partial charge is 0.223 e. The van der Waals surface area contributed by atoms with E-state index in [9.17, 15) is 4.79 Å². The molecular formula is C15H21NO3. The van der Waals surface area contributed by atoms with E-state index in [1.54, 1.807) is 0 Å². The minimum Gasteiger partial charge on any atom is -0.486 e. The molecule has 1 heterocycles. The molecule has 19 heavy (non-hydrogen) atoms. The summed E-state index contributed by atoms with van der Waals surface area (Å²) < 4.78 is 11.4. The van der Waals surface area contributed by atoms with Gasteiger partial charge in [-0.05, 0) is 25.0 Å². The Morgan fingerprint density at radius 1 is 1.32 bits per heavy atom. The molecule has 0 bridgehead atoms. The van der Waals surface area contributed by atoms with Crippen LogP contribution in [0.2, 0.25) is 0 Å². The second kappa shape index (κ2) is 6.45. The van der Waals surface area contributed by atoms with Gasteiger partial charge in [-0.25, -0.2) is 0 Å². The van der Waals surface area contributed by atoms with Gasteiger partial charge in [-0.3, -0.25) is 4.79 Å². The molecule has 1 aliphatic rings. The summed E-state index contributed by atoms with van der Waals surface area (Å²) in [6.45, 7) is 5.03. The number of fused-ring (bicyclic) bond motifs is 1. The molecule has 0 saturated heterocycles. The lowest BCUT2D eigenvalue weighted by Crippen LogP contribution is -2.42. The summed E-state index contributed by atoms with van der Waals surface area (Å²) in [5.74, 6) is 1.71. The van der Waals surface area contributed by atoms with Crippen molar-refractivity contribution in [1.82, 2.24) is 5.32 Å². The fraction of sp³-hybridized carbons (Fsp3) is 0.533. The highest BCUT2D eigenvalue weighted by atomic mass is 16.6. The Labute approximate surface area is 114 Å². The lowest BCUT2D eigenvalue weighted by molar-refractivity contribution is -0.125. The van der Waals surface area contributed by atoms with Gasteiger partial charge in [-0.1, -0.05) is 26.0 Å². The number of carbonyl (C=O) groups excluding carboxylic acids is 1. The van der Waals surface area contributed by atoms with Crippen LogP contribution in [0, 0.1) is 5.92 Å². The average molecular weight is 263 g/mol. The summed E-state index contributed by atoms with van der Waals surface area (Å²) in [5.41, 5.74) is 0. The van der Waals surface area contributed by atoms with Gasteiger partial charge < -0.3 is 14.8 Å². The van der Waals surface area contributed by atoms with Crippen molar-refractivity contribution in [2.24, 2.45) is 5.92 Å². The molecule has 1 aromatic carbocycles. The molecule has 0 aliphatic carbocycles. The summed E-state index contributed by atoms with van der Waals surface area (Å²) in [7, 11) is 0. The van der Waals surface area contributed by atoms with Crippen LogP contribution in [0.15, 0.2) is 24.3 Å². The van der Waals surface area contributed by atoms with Crippen molar-refractivity contribution in [2.75, 3.05) is 13.2 Å². The van der Waals surface area contributed by atoms with Crippen molar-refractivity contribution in [1.29, 1.82) is 0 Å². The molecule has 0 spiro atoms. The molecule has 0 aromatic heterocycles. The minimum atomic E-state index is -0.117. The monoisotopic (exact) mass is 263 g/mol. The van der Waals surface area contributed by atoms with Gasteiger partial charge in [0.15, 0.2) is 11.5 Å². The van der Waals surface area contributed by atoms with Gasteiger partial charge in [0.25, 0.3) is 0 Å². The first-order valence-electron chi connectivity index (χ1n) is 6.90. The molecule has 0 radical (unpaired) electrons. The SMILES string of the molecule is CCC(CC)C(=O)NCC1COc2ccccc2O1. The van der Waals surface area contributed by atoms with Crippen LogP contribution >= 0.6 is 0 Å². The number of para-hydroxylation sites is 2. The highest BCUT2D eigenvalue weighted by Crippen LogP contribution is 2.30. The van der Waals surface area contributed by atoms with Crippen molar-refractivity contribution in [3.63, 3.8) is 0 Å². The number of carbonyl (C=O) groups is 1. The molecule has 1 N–H and O–H groups in total. The van der Waals surface area contributed by atoms with E-state index < -0.39 is 0 Å². The Balaban J connectivity index is 1.84. The topological polar surface area (TPSA) is 47.6 Å². The predicted molar refractivity (Wildman–Crippen MR) is 73.4 cm³/mol. The van der Waals surface area contributed by atoms with Gasteiger partial charge in [0.2, 0.25) is 5.91 Å². The summed E-state index contributed by atoms with van der Waals surface area (Å²) in [5, 5.41) is 2.94. The average Bonchev–Trinajstić information content (AvgIpc) is 2.46. The standard InChI is InChI=1S/C15H21NO3/c1-3-11(4-2)15(17)16-9-12-10-18-13-7-5-6-8-14(13)19-12/h5-8,11-12H,3-4,9-10H2,1-2H3,(H,16,17). The van der Waals surface area contributed by atoms with Crippen LogP contribution in [0.25, 0.3) is 0 Å². The highest BCUT2D eigenvalue weighted by Gasteiger charge is 2.22. The molecule has 4 nitrogen and oxygen atoms in total. The molecule has 4 heteroatoms. The van der Waals surface area contributed by atoms with Crippen molar-refractivity contribution >= 4 is 5.91 Å². The maximum absolute atomic E-state index is 11.9. The maximum atomic E-state index is 11.9. The molecule has 0 fully saturated rings. The normalized spacial score (nSPS) is 17.3. The van der Waals surface area contributed by atoms with E-state index in [1.807, 2.05) is 38.1 Å². The second-order valence-electron chi connectivity index (χ2n) is 4.76. The van der Waals surface area contributed by atoms with Crippen molar-refractivity contribution < 1.29 is 14.3 Å². The Morgan fingerprint density at radius 3 is 2.68 bits per heavy atom. The van der Waals surface area contributed by atoms with E-state index in [2.05, 4.69) is 5.32 Å². The van der Waals surface area contributed by atoms with Crippen molar-refractivity contribution in [2.45, 2.75) is 32.8 Å². The summed E-state index contributed by atoms with van der Waals surface area (Å²) in [6, 6.07) is 7.59. The van der Waals surface area contributed by atoms with Crippen LogP contribution in [0.3, 0.4) is 0 Å². The highest BCUT2D eigenvalue weighted by molar-refractivity contribution is 5.78. The fourth-order valence-corrected chi connectivity index (χ4v) is 2.18. The quantitative estimate of drug-likeness (QED) is 0.887. The maximum Gasteiger partial charge on any atom is 0.223 e. The predicted octanol–water partition coefficient (Wildman–Crippen LogP) is 2.38. The van der Waals surface area contributed by atoms with E-state index in [1.165, 1.54) is 0 Å². The van der Waals surface area contributed by atoms with E-state index in [4.69, 9.17) is 9.47 Å². The Bertz CT molecular complexity index is 429. The number of hydrogen-bond acceptors (Lipinski definition) is 3. The number of ether oxygens (including phenoxy) is 2. The van der Waals surface area contributed by atoms with E-state index >= 15 is 0 Å². The summed E-state index contributed by atoms with van der Waals surface area (Å²) in [6.07, 6.45) is 1.62. The first-order chi connectivity index (χ1) is 9.24. The lowest BCUT2D eigenvalue weighted by atomic mass is 10.0. The molecular weight excluding hydrogens is 242 g/mol. The van der Waals surface area contributed by atoms with Gasteiger partial charge in [0, 0.05) is 5.92 Å². The number of nitrogens with one attached hydrogen (secondary N) is 1. The number of benzene rings is 1. The van der Waals surface area contributed by atoms with Gasteiger partial charge in [0.05, 0.1) is 6.54 Å². The largest absolute Gasteiger partial charge is 0.486 e. The van der Waals surface area contributed by atoms with Gasteiger partial charge in [-0.15, -0.1) is 0 Å². The number of amides is 1.